The van der Waals surface area contributed by atoms with Gasteiger partial charge in [-0.25, -0.2) is 17.2 Å². The van der Waals surface area contributed by atoms with Gasteiger partial charge in [0.15, 0.2) is 0 Å². The number of aromatic nitrogens is 2. The van der Waals surface area contributed by atoms with E-state index in [1.807, 2.05) is 0 Å². The van der Waals surface area contributed by atoms with Crippen LogP contribution in [0.25, 0.3) is 0 Å². The van der Waals surface area contributed by atoms with Crippen LogP contribution in [0.3, 0.4) is 0 Å². The normalized spacial score (nSPS) is 14.6. The standard InChI is InChI=1S/C18H15F2N3O4S/c19-12-6-13(20)8-15(7-12)28(24,25)23-5-3-18-16(10-23)17(22-27-18)11-26-14-2-1-4-21-9-14/h1-2,4,6-9H,3,5,10-11H2. The van der Waals surface area contributed by atoms with Crippen LogP contribution in [0, 0.1) is 11.6 Å². The maximum atomic E-state index is 13.5. The van der Waals surface area contributed by atoms with Crippen molar-refractivity contribution in [2.24, 2.45) is 0 Å². The summed E-state index contributed by atoms with van der Waals surface area (Å²) in [6.07, 6.45) is 3.46. The summed E-state index contributed by atoms with van der Waals surface area (Å²) in [7, 11) is -4.08. The Bertz CT molecular complexity index is 1080. The van der Waals surface area contributed by atoms with Gasteiger partial charge in [0.25, 0.3) is 0 Å². The zero-order valence-electron chi connectivity index (χ0n) is 14.5. The van der Waals surface area contributed by atoms with Gasteiger partial charge in [0.05, 0.1) is 11.1 Å². The third-order valence-corrected chi connectivity index (χ3v) is 6.18. The number of hydrogen-bond acceptors (Lipinski definition) is 6. The van der Waals surface area contributed by atoms with Gasteiger partial charge in [-0.15, -0.1) is 0 Å². The molecule has 0 fully saturated rings. The number of pyridine rings is 1. The molecule has 1 aliphatic rings. The second kappa shape index (κ2) is 7.28. The highest BCUT2D eigenvalue weighted by Crippen LogP contribution is 2.28. The van der Waals surface area contributed by atoms with E-state index in [-0.39, 0.29) is 19.7 Å². The fraction of sp³-hybridized carbons (Fsp3) is 0.222. The van der Waals surface area contributed by atoms with Crippen LogP contribution in [-0.2, 0) is 29.6 Å². The molecule has 3 aromatic rings. The van der Waals surface area contributed by atoms with Crippen LogP contribution in [0.4, 0.5) is 8.78 Å². The first kappa shape index (κ1) is 18.5. The predicted octanol–water partition coefficient (Wildman–Crippen LogP) is 2.67. The summed E-state index contributed by atoms with van der Waals surface area (Å²) in [5, 5.41) is 3.97. The van der Waals surface area contributed by atoms with Crippen molar-refractivity contribution in [1.29, 1.82) is 0 Å². The van der Waals surface area contributed by atoms with Gasteiger partial charge in [-0.2, -0.15) is 4.31 Å². The molecule has 146 valence electrons. The Balaban J connectivity index is 1.56. The van der Waals surface area contributed by atoms with Gasteiger partial charge in [0.2, 0.25) is 10.0 Å². The second-order valence-electron chi connectivity index (χ2n) is 6.20. The SMILES string of the molecule is O=S(=O)(c1cc(F)cc(F)c1)N1CCc2onc(COc3cccnc3)c2C1. The lowest BCUT2D eigenvalue weighted by molar-refractivity contribution is 0.286. The largest absolute Gasteiger partial charge is 0.486 e. The minimum absolute atomic E-state index is 0.0228. The van der Waals surface area contributed by atoms with Gasteiger partial charge in [-0.05, 0) is 24.3 Å². The van der Waals surface area contributed by atoms with Crippen molar-refractivity contribution >= 4 is 10.0 Å². The highest BCUT2D eigenvalue weighted by atomic mass is 32.2. The Kier molecular flexibility index (Phi) is 4.82. The molecule has 2 aromatic heterocycles. The molecule has 28 heavy (non-hydrogen) atoms. The van der Waals surface area contributed by atoms with Crippen LogP contribution in [-0.4, -0.2) is 29.4 Å². The van der Waals surface area contributed by atoms with E-state index >= 15 is 0 Å². The van der Waals surface area contributed by atoms with Crippen molar-refractivity contribution in [2.45, 2.75) is 24.5 Å². The molecule has 7 nitrogen and oxygen atoms in total. The van der Waals surface area contributed by atoms with E-state index in [2.05, 4.69) is 10.1 Å². The summed E-state index contributed by atoms with van der Waals surface area (Å²) < 4.78 is 64.6. The van der Waals surface area contributed by atoms with Gasteiger partial charge >= 0.3 is 0 Å². The summed E-state index contributed by atoms with van der Waals surface area (Å²) >= 11 is 0. The average Bonchev–Trinajstić information content (AvgIpc) is 3.09. The number of fused-ring (bicyclic) bond motifs is 1. The van der Waals surface area contributed by atoms with Gasteiger partial charge < -0.3 is 9.26 Å². The van der Waals surface area contributed by atoms with E-state index < -0.39 is 26.6 Å². The van der Waals surface area contributed by atoms with Crippen LogP contribution in [0.2, 0.25) is 0 Å². The van der Waals surface area contributed by atoms with Crippen LogP contribution < -0.4 is 4.74 Å². The Morgan fingerprint density at radius 2 is 2.00 bits per heavy atom. The maximum absolute atomic E-state index is 13.5. The van der Waals surface area contributed by atoms with Crippen LogP contribution in [0.5, 0.6) is 5.75 Å². The lowest BCUT2D eigenvalue weighted by Gasteiger charge is -2.25. The molecule has 10 heteroatoms. The molecule has 3 heterocycles. The average molecular weight is 407 g/mol. The van der Waals surface area contributed by atoms with E-state index in [0.717, 1.165) is 16.4 Å². The number of benzene rings is 1. The molecule has 0 unspecified atom stereocenters. The lowest BCUT2D eigenvalue weighted by Crippen LogP contribution is -2.36. The molecule has 0 saturated carbocycles. The van der Waals surface area contributed by atoms with Crippen molar-refractivity contribution in [1.82, 2.24) is 14.4 Å². The van der Waals surface area contributed by atoms with Crippen molar-refractivity contribution in [3.8, 4) is 5.75 Å². The van der Waals surface area contributed by atoms with E-state index in [1.165, 1.54) is 0 Å². The third-order valence-electron chi connectivity index (χ3n) is 4.36. The first-order valence-corrected chi connectivity index (χ1v) is 9.83. The molecule has 1 aliphatic heterocycles. The number of halogens is 2. The van der Waals surface area contributed by atoms with Gasteiger partial charge in [-0.3, -0.25) is 4.98 Å². The van der Waals surface area contributed by atoms with Gasteiger partial charge in [0.1, 0.15) is 35.4 Å². The maximum Gasteiger partial charge on any atom is 0.243 e. The summed E-state index contributed by atoms with van der Waals surface area (Å²) in [6, 6.07) is 5.68. The Labute approximate surface area is 159 Å². The number of hydrogen-bond donors (Lipinski definition) is 0. The zero-order chi connectivity index (χ0) is 19.7. The van der Waals surface area contributed by atoms with E-state index in [4.69, 9.17) is 9.26 Å². The Morgan fingerprint density at radius 3 is 2.71 bits per heavy atom. The quantitative estimate of drug-likeness (QED) is 0.647. The zero-order valence-corrected chi connectivity index (χ0v) is 15.3. The van der Waals surface area contributed by atoms with E-state index in [9.17, 15) is 17.2 Å². The molecule has 0 N–H and O–H groups in total. The third kappa shape index (κ3) is 3.60. The number of nitrogens with zero attached hydrogens (tertiary/aromatic N) is 3. The van der Waals surface area contributed by atoms with Crippen LogP contribution in [0.15, 0.2) is 52.1 Å². The molecule has 0 saturated heterocycles. The Morgan fingerprint density at radius 1 is 1.21 bits per heavy atom. The first-order valence-electron chi connectivity index (χ1n) is 8.39. The summed E-state index contributed by atoms with van der Waals surface area (Å²) in [5.74, 6) is -0.796. The minimum Gasteiger partial charge on any atom is -0.486 e. The summed E-state index contributed by atoms with van der Waals surface area (Å²) in [4.78, 5) is 3.51. The molecule has 0 aliphatic carbocycles. The van der Waals surface area contributed by atoms with E-state index in [1.54, 1.807) is 24.5 Å². The molecule has 4 rings (SSSR count). The molecular formula is C18H15F2N3O4S. The van der Waals surface area contributed by atoms with Gasteiger partial charge in [-0.1, -0.05) is 5.16 Å². The molecule has 0 amide bonds. The predicted molar refractivity (Wildman–Crippen MR) is 92.7 cm³/mol. The molecule has 0 spiro atoms. The van der Waals surface area contributed by atoms with Crippen LogP contribution >= 0.6 is 0 Å². The lowest BCUT2D eigenvalue weighted by atomic mass is 10.1. The first-order chi connectivity index (χ1) is 13.4. The number of ether oxygens (including phenoxy) is 1. The molecular weight excluding hydrogens is 392 g/mol. The fourth-order valence-corrected chi connectivity index (χ4v) is 4.42. The highest BCUT2D eigenvalue weighted by molar-refractivity contribution is 7.89. The molecule has 0 bridgehead atoms. The highest BCUT2D eigenvalue weighted by Gasteiger charge is 2.33. The van der Waals surface area contributed by atoms with Crippen molar-refractivity contribution in [3.63, 3.8) is 0 Å². The van der Waals surface area contributed by atoms with Gasteiger partial charge in [0, 0.05) is 37.3 Å². The van der Waals surface area contributed by atoms with E-state index in [0.29, 0.717) is 35.3 Å². The second-order valence-corrected chi connectivity index (χ2v) is 8.14. The van der Waals surface area contributed by atoms with Crippen LogP contribution in [0.1, 0.15) is 17.0 Å². The summed E-state index contributed by atoms with van der Waals surface area (Å²) in [5.41, 5.74) is 1.06. The molecule has 0 radical (unpaired) electrons. The fourth-order valence-electron chi connectivity index (χ4n) is 2.97. The smallest absolute Gasteiger partial charge is 0.243 e. The molecule has 1 aromatic carbocycles. The number of sulfonamides is 1. The number of rotatable bonds is 5. The van der Waals surface area contributed by atoms with Crippen molar-refractivity contribution in [3.05, 3.63) is 71.4 Å². The Hall–Kier alpha value is -2.85. The molecule has 0 atom stereocenters. The monoisotopic (exact) mass is 407 g/mol. The van der Waals surface area contributed by atoms with Crippen molar-refractivity contribution in [2.75, 3.05) is 6.54 Å². The minimum atomic E-state index is -4.08. The topological polar surface area (TPSA) is 85.5 Å². The van der Waals surface area contributed by atoms with Crippen molar-refractivity contribution < 1.29 is 26.5 Å². The summed E-state index contributed by atoms with van der Waals surface area (Å²) in [6.45, 7) is 0.170.